The van der Waals surface area contributed by atoms with Gasteiger partial charge in [0.05, 0.1) is 6.04 Å². The van der Waals surface area contributed by atoms with Crippen LogP contribution in [-0.4, -0.2) is 30.1 Å². The van der Waals surface area contributed by atoms with E-state index in [0.717, 1.165) is 19.1 Å². The minimum Gasteiger partial charge on any atom is -0.309 e. The lowest BCUT2D eigenvalue weighted by Crippen LogP contribution is -2.59. The number of hydrogen-bond acceptors (Lipinski definition) is 2. The van der Waals surface area contributed by atoms with Crippen LogP contribution in [0.5, 0.6) is 0 Å². The zero-order chi connectivity index (χ0) is 14.1. The lowest BCUT2D eigenvalue weighted by molar-refractivity contribution is 0.0922. The van der Waals surface area contributed by atoms with Crippen molar-refractivity contribution in [3.8, 4) is 0 Å². The van der Waals surface area contributed by atoms with Gasteiger partial charge in [-0.2, -0.15) is 0 Å². The highest BCUT2D eigenvalue weighted by atomic mass is 35.5. The molecule has 1 heterocycles. The summed E-state index contributed by atoms with van der Waals surface area (Å²) in [6.45, 7) is 2.32. The van der Waals surface area contributed by atoms with E-state index in [9.17, 15) is 0 Å². The lowest BCUT2D eigenvalue weighted by Gasteiger charge is -2.45. The number of likely N-dealkylation sites (tertiary alicyclic amines) is 1. The topological polar surface area (TPSA) is 15.3 Å². The second-order valence-corrected chi connectivity index (χ2v) is 6.32. The van der Waals surface area contributed by atoms with E-state index in [-0.39, 0.29) is 24.8 Å². The molecule has 2 aromatic carbocycles. The molecule has 1 saturated carbocycles. The third-order valence-electron chi connectivity index (χ3n) is 4.55. The molecule has 0 bridgehead atoms. The highest BCUT2D eigenvalue weighted by Crippen LogP contribution is 2.33. The van der Waals surface area contributed by atoms with Crippen molar-refractivity contribution < 1.29 is 0 Å². The monoisotopic (exact) mass is 350 g/mol. The Morgan fingerprint density at radius 2 is 1.22 bits per heavy atom. The van der Waals surface area contributed by atoms with E-state index >= 15 is 0 Å². The van der Waals surface area contributed by atoms with Gasteiger partial charge in [-0.3, -0.25) is 4.90 Å². The summed E-state index contributed by atoms with van der Waals surface area (Å²) in [5.74, 6) is 0. The van der Waals surface area contributed by atoms with Gasteiger partial charge >= 0.3 is 0 Å². The zero-order valence-corrected chi connectivity index (χ0v) is 14.7. The molecule has 4 rings (SSSR count). The number of halogens is 2. The van der Waals surface area contributed by atoms with Crippen molar-refractivity contribution in [3.05, 3.63) is 71.8 Å². The molecule has 0 aromatic heterocycles. The van der Waals surface area contributed by atoms with E-state index in [1.165, 1.54) is 24.0 Å². The van der Waals surface area contributed by atoms with Crippen molar-refractivity contribution in [3.63, 3.8) is 0 Å². The molecule has 1 aliphatic heterocycles. The Balaban J connectivity index is 0.000000960. The van der Waals surface area contributed by atoms with Crippen molar-refractivity contribution in [2.24, 2.45) is 0 Å². The van der Waals surface area contributed by atoms with Gasteiger partial charge in [-0.25, -0.2) is 0 Å². The average molecular weight is 351 g/mol. The molecule has 1 N–H and O–H groups in total. The summed E-state index contributed by atoms with van der Waals surface area (Å²) in [5.41, 5.74) is 2.79. The molecule has 0 spiro atoms. The van der Waals surface area contributed by atoms with Crippen LogP contribution >= 0.6 is 24.8 Å². The minimum atomic E-state index is 0. The summed E-state index contributed by atoms with van der Waals surface area (Å²) in [5, 5.41) is 3.74. The van der Waals surface area contributed by atoms with Gasteiger partial charge in [-0.05, 0) is 24.0 Å². The molecular formula is C19H24Cl2N2. The Kier molecular flexibility index (Phi) is 6.49. The SMILES string of the molecule is Cl.Cl.c1ccc(C(c2ccccc2)N2CC(NC3CC3)C2)cc1. The Morgan fingerprint density at radius 3 is 1.65 bits per heavy atom. The lowest BCUT2D eigenvalue weighted by atomic mass is 9.93. The fourth-order valence-electron chi connectivity index (χ4n) is 3.30. The molecule has 0 amide bonds. The van der Waals surface area contributed by atoms with E-state index in [0.29, 0.717) is 12.1 Å². The summed E-state index contributed by atoms with van der Waals surface area (Å²) in [7, 11) is 0. The van der Waals surface area contributed by atoms with Crippen LogP contribution in [0.4, 0.5) is 0 Å². The first-order chi connectivity index (χ1) is 10.4. The number of nitrogens with one attached hydrogen (secondary N) is 1. The van der Waals surface area contributed by atoms with Gasteiger partial charge in [0.25, 0.3) is 0 Å². The molecular weight excluding hydrogens is 327 g/mol. The van der Waals surface area contributed by atoms with Crippen LogP contribution in [0.25, 0.3) is 0 Å². The van der Waals surface area contributed by atoms with Crippen molar-refractivity contribution >= 4 is 24.8 Å². The highest BCUT2D eigenvalue weighted by Gasteiger charge is 2.36. The fraction of sp³-hybridized carbons (Fsp3) is 0.368. The first kappa shape index (κ1) is 18.3. The predicted molar refractivity (Wildman–Crippen MR) is 101 cm³/mol. The predicted octanol–water partition coefficient (Wildman–Crippen LogP) is 4.06. The first-order valence-corrected chi connectivity index (χ1v) is 8.00. The molecule has 23 heavy (non-hydrogen) atoms. The maximum atomic E-state index is 3.74. The quantitative estimate of drug-likeness (QED) is 0.874. The fourth-order valence-corrected chi connectivity index (χ4v) is 3.30. The second-order valence-electron chi connectivity index (χ2n) is 6.32. The van der Waals surface area contributed by atoms with Gasteiger partial charge in [0.1, 0.15) is 0 Å². The summed E-state index contributed by atoms with van der Waals surface area (Å²) in [4.78, 5) is 2.59. The van der Waals surface area contributed by atoms with Crippen LogP contribution in [0.2, 0.25) is 0 Å². The molecule has 2 aromatic rings. The molecule has 4 heteroatoms. The van der Waals surface area contributed by atoms with Crippen molar-refractivity contribution in [1.29, 1.82) is 0 Å². The van der Waals surface area contributed by atoms with E-state index < -0.39 is 0 Å². The number of benzene rings is 2. The molecule has 2 aliphatic rings. The molecule has 2 fully saturated rings. The standard InChI is InChI=1S/C19H22N2.2ClH/c1-3-7-15(8-4-1)19(16-9-5-2-6-10-16)21-13-18(14-21)20-17-11-12-17;;/h1-10,17-20H,11-14H2;2*1H. The normalized spacial score (nSPS) is 18.0. The van der Waals surface area contributed by atoms with Crippen LogP contribution in [0.3, 0.4) is 0 Å². The van der Waals surface area contributed by atoms with E-state index in [1.807, 2.05) is 0 Å². The van der Waals surface area contributed by atoms with Gasteiger partial charge in [-0.1, -0.05) is 60.7 Å². The van der Waals surface area contributed by atoms with Crippen molar-refractivity contribution in [1.82, 2.24) is 10.2 Å². The molecule has 0 unspecified atom stereocenters. The number of rotatable bonds is 5. The van der Waals surface area contributed by atoms with Crippen LogP contribution in [0.1, 0.15) is 30.0 Å². The highest BCUT2D eigenvalue weighted by molar-refractivity contribution is 5.85. The third kappa shape index (κ3) is 4.27. The molecule has 0 atom stereocenters. The van der Waals surface area contributed by atoms with E-state index in [1.54, 1.807) is 0 Å². The smallest absolute Gasteiger partial charge is 0.0602 e. The summed E-state index contributed by atoms with van der Waals surface area (Å²) in [6.07, 6.45) is 2.74. The number of nitrogens with zero attached hydrogens (tertiary/aromatic N) is 1. The van der Waals surface area contributed by atoms with Gasteiger partial charge in [0.2, 0.25) is 0 Å². The Hall–Kier alpha value is -1.06. The van der Waals surface area contributed by atoms with Crippen LogP contribution in [0, 0.1) is 0 Å². The molecule has 1 aliphatic carbocycles. The molecule has 2 nitrogen and oxygen atoms in total. The van der Waals surface area contributed by atoms with Crippen LogP contribution in [-0.2, 0) is 0 Å². The van der Waals surface area contributed by atoms with Gasteiger partial charge < -0.3 is 5.32 Å². The Morgan fingerprint density at radius 1 is 0.739 bits per heavy atom. The van der Waals surface area contributed by atoms with Gasteiger partial charge in [0, 0.05) is 25.2 Å². The summed E-state index contributed by atoms with van der Waals surface area (Å²) >= 11 is 0. The Labute approximate surface area is 151 Å². The Bertz CT molecular complexity index is 541. The van der Waals surface area contributed by atoms with Crippen LogP contribution in [0.15, 0.2) is 60.7 Å². The average Bonchev–Trinajstić information content (AvgIpc) is 3.31. The third-order valence-corrected chi connectivity index (χ3v) is 4.55. The first-order valence-electron chi connectivity index (χ1n) is 8.00. The molecule has 1 saturated heterocycles. The molecule has 0 radical (unpaired) electrons. The number of hydrogen-bond donors (Lipinski definition) is 1. The second kappa shape index (κ2) is 8.16. The van der Waals surface area contributed by atoms with E-state index in [4.69, 9.17) is 0 Å². The van der Waals surface area contributed by atoms with Crippen LogP contribution < -0.4 is 5.32 Å². The van der Waals surface area contributed by atoms with Gasteiger partial charge in [0.15, 0.2) is 0 Å². The van der Waals surface area contributed by atoms with Crippen molar-refractivity contribution in [2.45, 2.75) is 31.0 Å². The van der Waals surface area contributed by atoms with Crippen molar-refractivity contribution in [2.75, 3.05) is 13.1 Å². The van der Waals surface area contributed by atoms with Gasteiger partial charge in [-0.15, -0.1) is 24.8 Å². The maximum absolute atomic E-state index is 3.74. The minimum absolute atomic E-state index is 0. The molecule has 124 valence electrons. The van der Waals surface area contributed by atoms with E-state index in [2.05, 4.69) is 70.9 Å². The maximum Gasteiger partial charge on any atom is 0.0602 e. The largest absolute Gasteiger partial charge is 0.309 e. The summed E-state index contributed by atoms with van der Waals surface area (Å²) < 4.78 is 0. The zero-order valence-electron chi connectivity index (χ0n) is 13.1. The summed E-state index contributed by atoms with van der Waals surface area (Å²) in [6, 6.07) is 23.7.